The summed E-state index contributed by atoms with van der Waals surface area (Å²) in [5.74, 6) is 0.236. The predicted octanol–water partition coefficient (Wildman–Crippen LogP) is 3.25. The molecule has 0 saturated heterocycles. The van der Waals surface area contributed by atoms with E-state index in [0.29, 0.717) is 24.5 Å². The third-order valence-corrected chi connectivity index (χ3v) is 4.39. The number of carbonyl (C=O) groups is 1. The van der Waals surface area contributed by atoms with Crippen LogP contribution in [0.25, 0.3) is 0 Å². The van der Waals surface area contributed by atoms with E-state index in [0.717, 1.165) is 6.54 Å². The van der Waals surface area contributed by atoms with Crippen LogP contribution < -0.4 is 10.1 Å². The largest absolute Gasteiger partial charge is 0.489 e. The van der Waals surface area contributed by atoms with Crippen molar-refractivity contribution in [3.05, 3.63) is 78.4 Å². The Morgan fingerprint density at radius 3 is 2.54 bits per heavy atom. The summed E-state index contributed by atoms with van der Waals surface area (Å²) in [6.45, 7) is 9.54. The first kappa shape index (κ1) is 21.7. The molecule has 0 aromatic heterocycles. The van der Waals surface area contributed by atoms with E-state index in [1.54, 1.807) is 24.3 Å². The van der Waals surface area contributed by atoms with Crippen LogP contribution in [0, 0.1) is 0 Å². The van der Waals surface area contributed by atoms with Gasteiger partial charge in [-0.15, -0.1) is 0 Å². The standard InChI is InChI=1S/C23H30N2O3/c1-4-14-28-22-13-9-8-12-21(22)23(27)24-15-20(26)17-25(18(2)3)16-19-10-6-5-7-11-19/h4-13,18,20,26H,1,14-17H2,2-3H3,(H,24,27). The third-order valence-electron chi connectivity index (χ3n) is 4.39. The lowest BCUT2D eigenvalue weighted by molar-refractivity contribution is 0.0786. The van der Waals surface area contributed by atoms with Gasteiger partial charge in [-0.3, -0.25) is 9.69 Å². The maximum absolute atomic E-state index is 12.5. The molecule has 5 heteroatoms. The van der Waals surface area contributed by atoms with E-state index in [9.17, 15) is 9.90 Å². The quantitative estimate of drug-likeness (QED) is 0.586. The van der Waals surface area contributed by atoms with E-state index in [4.69, 9.17) is 4.74 Å². The molecule has 0 spiro atoms. The average Bonchev–Trinajstić information content (AvgIpc) is 2.71. The Labute approximate surface area is 167 Å². The molecule has 5 nitrogen and oxygen atoms in total. The van der Waals surface area contributed by atoms with Gasteiger partial charge in [0.05, 0.1) is 11.7 Å². The lowest BCUT2D eigenvalue weighted by Gasteiger charge is -2.29. The van der Waals surface area contributed by atoms with Gasteiger partial charge in [0.25, 0.3) is 5.91 Å². The SMILES string of the molecule is C=CCOc1ccccc1C(=O)NCC(O)CN(Cc1ccccc1)C(C)C. The minimum atomic E-state index is -0.670. The molecule has 2 aromatic rings. The molecule has 2 rings (SSSR count). The van der Waals surface area contributed by atoms with Gasteiger partial charge >= 0.3 is 0 Å². The van der Waals surface area contributed by atoms with Crippen molar-refractivity contribution in [1.82, 2.24) is 10.2 Å². The normalized spacial score (nSPS) is 12.0. The van der Waals surface area contributed by atoms with Gasteiger partial charge in [-0.2, -0.15) is 0 Å². The van der Waals surface area contributed by atoms with Crippen LogP contribution in [0.5, 0.6) is 5.75 Å². The number of ether oxygens (including phenoxy) is 1. The van der Waals surface area contributed by atoms with E-state index in [2.05, 4.69) is 42.8 Å². The van der Waals surface area contributed by atoms with E-state index < -0.39 is 6.10 Å². The number of nitrogens with zero attached hydrogens (tertiary/aromatic N) is 1. The topological polar surface area (TPSA) is 61.8 Å². The first-order chi connectivity index (χ1) is 13.5. The van der Waals surface area contributed by atoms with Crippen LogP contribution in [0.3, 0.4) is 0 Å². The van der Waals surface area contributed by atoms with Crippen LogP contribution in [0.1, 0.15) is 29.8 Å². The summed E-state index contributed by atoms with van der Waals surface area (Å²) in [4.78, 5) is 14.7. The second-order valence-corrected chi connectivity index (χ2v) is 6.97. The fourth-order valence-corrected chi connectivity index (χ4v) is 2.85. The van der Waals surface area contributed by atoms with E-state index >= 15 is 0 Å². The molecule has 1 unspecified atom stereocenters. The van der Waals surface area contributed by atoms with Gasteiger partial charge in [0.2, 0.25) is 0 Å². The number of amides is 1. The fourth-order valence-electron chi connectivity index (χ4n) is 2.85. The molecule has 0 aliphatic rings. The molecule has 1 atom stereocenters. The van der Waals surface area contributed by atoms with Crippen LogP contribution in [-0.4, -0.2) is 47.8 Å². The van der Waals surface area contributed by atoms with Crippen molar-refractivity contribution in [2.45, 2.75) is 32.5 Å². The summed E-state index contributed by atoms with van der Waals surface area (Å²) in [7, 11) is 0. The highest BCUT2D eigenvalue weighted by Gasteiger charge is 2.17. The van der Waals surface area contributed by atoms with Gasteiger partial charge in [0.1, 0.15) is 12.4 Å². The molecule has 1 amide bonds. The number of rotatable bonds is 11. The Hall–Kier alpha value is -2.63. The maximum atomic E-state index is 12.5. The predicted molar refractivity (Wildman–Crippen MR) is 112 cm³/mol. The van der Waals surface area contributed by atoms with Gasteiger partial charge in [0, 0.05) is 25.7 Å². The van der Waals surface area contributed by atoms with Crippen molar-refractivity contribution in [3.63, 3.8) is 0 Å². The van der Waals surface area contributed by atoms with Crippen LogP contribution in [0.4, 0.5) is 0 Å². The zero-order valence-corrected chi connectivity index (χ0v) is 16.7. The molecule has 28 heavy (non-hydrogen) atoms. The van der Waals surface area contributed by atoms with Gasteiger partial charge in [-0.1, -0.05) is 55.1 Å². The first-order valence-corrected chi connectivity index (χ1v) is 9.58. The number of hydrogen-bond acceptors (Lipinski definition) is 4. The number of hydrogen-bond donors (Lipinski definition) is 2. The van der Waals surface area contributed by atoms with Crippen LogP contribution in [0.15, 0.2) is 67.3 Å². The molecule has 0 fully saturated rings. The average molecular weight is 383 g/mol. The van der Waals surface area contributed by atoms with Gasteiger partial charge in [0.15, 0.2) is 0 Å². The van der Waals surface area contributed by atoms with Crippen LogP contribution >= 0.6 is 0 Å². The van der Waals surface area contributed by atoms with Gasteiger partial charge in [-0.25, -0.2) is 0 Å². The highest BCUT2D eigenvalue weighted by atomic mass is 16.5. The molecule has 0 aliphatic carbocycles. The molecule has 2 N–H and O–H groups in total. The first-order valence-electron chi connectivity index (χ1n) is 9.58. The van der Waals surface area contributed by atoms with Crippen molar-refractivity contribution in [2.75, 3.05) is 19.7 Å². The Balaban J connectivity index is 1.90. The lowest BCUT2D eigenvalue weighted by atomic mass is 10.1. The summed E-state index contributed by atoms with van der Waals surface area (Å²) in [5, 5.41) is 13.3. The van der Waals surface area contributed by atoms with Crippen LogP contribution in [0.2, 0.25) is 0 Å². The molecule has 2 aromatic carbocycles. The highest BCUT2D eigenvalue weighted by molar-refractivity contribution is 5.96. The second-order valence-electron chi connectivity index (χ2n) is 6.97. The zero-order valence-electron chi connectivity index (χ0n) is 16.7. The summed E-state index contributed by atoms with van der Waals surface area (Å²) in [6.07, 6.45) is 0.961. The Kier molecular flexibility index (Phi) is 8.72. The summed E-state index contributed by atoms with van der Waals surface area (Å²) < 4.78 is 5.53. The molecule has 0 aliphatic heterocycles. The number of benzene rings is 2. The highest BCUT2D eigenvalue weighted by Crippen LogP contribution is 2.17. The van der Waals surface area contributed by atoms with Crippen LogP contribution in [-0.2, 0) is 6.54 Å². The van der Waals surface area contributed by atoms with Gasteiger partial charge < -0.3 is 15.2 Å². The van der Waals surface area contributed by atoms with E-state index in [1.165, 1.54) is 5.56 Å². The summed E-state index contributed by atoms with van der Waals surface area (Å²) >= 11 is 0. The molecular formula is C23H30N2O3. The molecule has 150 valence electrons. The number of nitrogens with one attached hydrogen (secondary N) is 1. The Bertz CT molecular complexity index is 747. The molecule has 0 saturated carbocycles. The summed E-state index contributed by atoms with van der Waals surface area (Å²) in [5.41, 5.74) is 1.64. The molecule has 0 heterocycles. The second kappa shape index (κ2) is 11.3. The smallest absolute Gasteiger partial charge is 0.255 e. The van der Waals surface area contributed by atoms with Crippen molar-refractivity contribution < 1.29 is 14.6 Å². The van der Waals surface area contributed by atoms with Crippen molar-refractivity contribution in [2.24, 2.45) is 0 Å². The summed E-state index contributed by atoms with van der Waals surface area (Å²) in [6, 6.07) is 17.5. The molecule has 0 bridgehead atoms. The number of aliphatic hydroxyl groups is 1. The van der Waals surface area contributed by atoms with Crippen molar-refractivity contribution >= 4 is 5.91 Å². The molecule has 0 radical (unpaired) electrons. The van der Waals surface area contributed by atoms with Crippen molar-refractivity contribution in [3.8, 4) is 5.75 Å². The van der Waals surface area contributed by atoms with E-state index in [1.807, 2.05) is 24.3 Å². The van der Waals surface area contributed by atoms with E-state index in [-0.39, 0.29) is 18.5 Å². The lowest BCUT2D eigenvalue weighted by Crippen LogP contribution is -2.42. The zero-order chi connectivity index (χ0) is 20.4. The van der Waals surface area contributed by atoms with Gasteiger partial charge in [-0.05, 0) is 31.5 Å². The number of aliphatic hydroxyl groups excluding tert-OH is 1. The third kappa shape index (κ3) is 6.83. The monoisotopic (exact) mass is 382 g/mol. The van der Waals surface area contributed by atoms with Crippen molar-refractivity contribution in [1.29, 1.82) is 0 Å². The Morgan fingerprint density at radius 1 is 1.18 bits per heavy atom. The minimum Gasteiger partial charge on any atom is -0.489 e. The molecular weight excluding hydrogens is 352 g/mol. The minimum absolute atomic E-state index is 0.173. The maximum Gasteiger partial charge on any atom is 0.255 e. The number of carbonyl (C=O) groups excluding carboxylic acids is 1. The number of para-hydroxylation sites is 1. The Morgan fingerprint density at radius 2 is 1.86 bits per heavy atom. The fraction of sp³-hybridized carbons (Fsp3) is 0.348.